The highest BCUT2D eigenvalue weighted by Crippen LogP contribution is 2.21. The van der Waals surface area contributed by atoms with Crippen LogP contribution >= 0.6 is 0 Å². The molecule has 0 aliphatic rings. The number of nitrogens with two attached hydrogens (primary N) is 1. The molecule has 0 fully saturated rings. The van der Waals surface area contributed by atoms with Gasteiger partial charge in [-0.1, -0.05) is 31.2 Å². The molecule has 4 N–H and O–H groups in total. The van der Waals surface area contributed by atoms with Gasteiger partial charge < -0.3 is 16.2 Å². The topological polar surface area (TPSA) is 75.3 Å². The summed E-state index contributed by atoms with van der Waals surface area (Å²) in [6.45, 7) is 2.10. The molecule has 0 radical (unpaired) electrons. The van der Waals surface area contributed by atoms with Gasteiger partial charge in [-0.25, -0.2) is 0 Å². The predicted octanol–water partition coefficient (Wildman–Crippen LogP) is 1.92. The van der Waals surface area contributed by atoms with Gasteiger partial charge in [0.25, 0.3) is 5.91 Å². The number of fused-ring (bicyclic) bond motifs is 1. The Hall–Kier alpha value is -2.07. The summed E-state index contributed by atoms with van der Waals surface area (Å²) in [4.78, 5) is 12.0. The van der Waals surface area contributed by atoms with E-state index in [0.717, 1.165) is 10.8 Å². The Morgan fingerprint density at radius 3 is 2.58 bits per heavy atom. The number of carbonyl (C=O) groups excluding carboxylic acids is 1. The van der Waals surface area contributed by atoms with E-state index in [1.54, 1.807) is 12.1 Å². The van der Waals surface area contributed by atoms with Gasteiger partial charge in [0.15, 0.2) is 0 Å². The maximum Gasteiger partial charge on any atom is 0.253 e. The summed E-state index contributed by atoms with van der Waals surface area (Å²) in [5, 5.41) is 14.1. The zero-order valence-electron chi connectivity index (χ0n) is 10.9. The molecule has 4 heteroatoms. The van der Waals surface area contributed by atoms with Crippen molar-refractivity contribution in [2.45, 2.75) is 19.4 Å². The molecule has 0 heterocycles. The Balaban J connectivity index is 2.24. The van der Waals surface area contributed by atoms with Crippen molar-refractivity contribution >= 4 is 22.4 Å². The number of nitrogens with one attached hydrogen (secondary N) is 1. The molecule has 2 aromatic carbocycles. The Bertz CT molecular complexity index is 596. The van der Waals surface area contributed by atoms with Crippen LogP contribution < -0.4 is 11.1 Å². The summed E-state index contributed by atoms with van der Waals surface area (Å²) in [5.41, 5.74) is 6.80. The van der Waals surface area contributed by atoms with E-state index in [4.69, 9.17) is 5.73 Å². The average Bonchev–Trinajstić information content (AvgIpc) is 2.43. The fraction of sp³-hybridized carbons (Fsp3) is 0.267. The molecule has 2 aromatic rings. The predicted molar refractivity (Wildman–Crippen MR) is 77.0 cm³/mol. The van der Waals surface area contributed by atoms with Gasteiger partial charge in [-0.05, 0) is 29.3 Å². The Labute approximate surface area is 112 Å². The standard InChI is InChI=1S/C15H18N2O2/c1-2-12(18)9-17-15(19)13-7-10-5-3-4-6-11(10)8-14(13)16/h3-8,12,18H,2,9,16H2,1H3,(H,17,19). The van der Waals surface area contributed by atoms with Crippen molar-refractivity contribution in [2.24, 2.45) is 0 Å². The molecule has 19 heavy (non-hydrogen) atoms. The molecule has 1 amide bonds. The van der Waals surface area contributed by atoms with Crippen LogP contribution in [0.15, 0.2) is 36.4 Å². The lowest BCUT2D eigenvalue weighted by molar-refractivity contribution is 0.0915. The van der Waals surface area contributed by atoms with Crippen LogP contribution in [0.25, 0.3) is 10.8 Å². The first-order chi connectivity index (χ1) is 9.11. The van der Waals surface area contributed by atoms with Crippen LogP contribution in [0.2, 0.25) is 0 Å². The summed E-state index contributed by atoms with van der Waals surface area (Å²) in [7, 11) is 0. The summed E-state index contributed by atoms with van der Waals surface area (Å²) in [6.07, 6.45) is 0.0821. The maximum absolute atomic E-state index is 12.0. The highest BCUT2D eigenvalue weighted by molar-refractivity contribution is 6.03. The van der Waals surface area contributed by atoms with Crippen LogP contribution in [0.4, 0.5) is 5.69 Å². The molecule has 1 atom stereocenters. The molecule has 0 aliphatic heterocycles. The highest BCUT2D eigenvalue weighted by atomic mass is 16.3. The number of aliphatic hydroxyl groups excluding tert-OH is 1. The second-order valence-corrected chi connectivity index (χ2v) is 4.56. The Morgan fingerprint density at radius 1 is 1.32 bits per heavy atom. The first-order valence-electron chi connectivity index (χ1n) is 6.36. The van der Waals surface area contributed by atoms with Crippen molar-refractivity contribution in [2.75, 3.05) is 12.3 Å². The molecule has 0 bridgehead atoms. The minimum absolute atomic E-state index is 0.238. The van der Waals surface area contributed by atoms with Crippen molar-refractivity contribution in [1.29, 1.82) is 0 Å². The van der Waals surface area contributed by atoms with Crippen molar-refractivity contribution in [3.63, 3.8) is 0 Å². The largest absolute Gasteiger partial charge is 0.398 e. The highest BCUT2D eigenvalue weighted by Gasteiger charge is 2.12. The SMILES string of the molecule is CCC(O)CNC(=O)c1cc2ccccc2cc1N. The van der Waals surface area contributed by atoms with E-state index in [-0.39, 0.29) is 12.5 Å². The minimum Gasteiger partial charge on any atom is -0.398 e. The average molecular weight is 258 g/mol. The summed E-state index contributed by atoms with van der Waals surface area (Å²) >= 11 is 0. The third-order valence-electron chi connectivity index (χ3n) is 3.13. The molecule has 0 saturated carbocycles. The van der Waals surface area contributed by atoms with Gasteiger partial charge in [0, 0.05) is 12.2 Å². The number of nitrogen functional groups attached to an aromatic ring is 1. The fourth-order valence-electron chi connectivity index (χ4n) is 1.90. The Morgan fingerprint density at radius 2 is 1.95 bits per heavy atom. The van der Waals surface area contributed by atoms with Crippen molar-refractivity contribution in [1.82, 2.24) is 5.32 Å². The molecule has 0 aromatic heterocycles. The molecule has 2 rings (SSSR count). The first-order valence-corrected chi connectivity index (χ1v) is 6.36. The van der Waals surface area contributed by atoms with E-state index in [1.165, 1.54) is 0 Å². The first kappa shape index (κ1) is 13.4. The zero-order valence-corrected chi connectivity index (χ0v) is 10.9. The Kier molecular flexibility index (Phi) is 4.02. The number of carbonyl (C=O) groups is 1. The van der Waals surface area contributed by atoms with Crippen molar-refractivity contribution in [3.8, 4) is 0 Å². The van der Waals surface area contributed by atoms with Gasteiger partial charge in [-0.2, -0.15) is 0 Å². The van der Waals surface area contributed by atoms with Gasteiger partial charge in [0.05, 0.1) is 11.7 Å². The number of benzene rings is 2. The van der Waals surface area contributed by atoms with Crippen LogP contribution in [-0.4, -0.2) is 23.7 Å². The summed E-state index contributed by atoms with van der Waals surface area (Å²) in [6, 6.07) is 11.3. The third kappa shape index (κ3) is 3.03. The molecule has 0 aliphatic carbocycles. The minimum atomic E-state index is -0.523. The van der Waals surface area contributed by atoms with E-state index in [0.29, 0.717) is 17.7 Å². The third-order valence-corrected chi connectivity index (χ3v) is 3.13. The second kappa shape index (κ2) is 5.71. The van der Waals surface area contributed by atoms with Crippen molar-refractivity contribution in [3.05, 3.63) is 42.0 Å². The maximum atomic E-state index is 12.0. The molecule has 4 nitrogen and oxygen atoms in total. The van der Waals surface area contributed by atoms with Crippen LogP contribution in [0.3, 0.4) is 0 Å². The van der Waals surface area contributed by atoms with E-state index < -0.39 is 6.10 Å². The normalized spacial score (nSPS) is 12.3. The summed E-state index contributed by atoms with van der Waals surface area (Å²) < 4.78 is 0. The van der Waals surface area contributed by atoms with Gasteiger partial charge in [-0.3, -0.25) is 4.79 Å². The van der Waals surface area contributed by atoms with Crippen LogP contribution in [-0.2, 0) is 0 Å². The van der Waals surface area contributed by atoms with Gasteiger partial charge >= 0.3 is 0 Å². The van der Waals surface area contributed by atoms with E-state index in [2.05, 4.69) is 5.32 Å². The van der Waals surface area contributed by atoms with Crippen LogP contribution in [0, 0.1) is 0 Å². The lowest BCUT2D eigenvalue weighted by atomic mass is 10.0. The zero-order chi connectivity index (χ0) is 13.8. The van der Waals surface area contributed by atoms with Crippen molar-refractivity contribution < 1.29 is 9.90 Å². The fourth-order valence-corrected chi connectivity index (χ4v) is 1.90. The second-order valence-electron chi connectivity index (χ2n) is 4.56. The summed E-state index contributed by atoms with van der Waals surface area (Å²) in [5.74, 6) is -0.254. The number of aliphatic hydroxyl groups is 1. The lowest BCUT2D eigenvalue weighted by Crippen LogP contribution is -2.32. The number of anilines is 1. The van der Waals surface area contributed by atoms with E-state index in [9.17, 15) is 9.90 Å². The van der Waals surface area contributed by atoms with Gasteiger partial charge in [0.2, 0.25) is 0 Å². The molecule has 0 spiro atoms. The number of hydrogen-bond donors (Lipinski definition) is 3. The van der Waals surface area contributed by atoms with Crippen LogP contribution in [0.5, 0.6) is 0 Å². The lowest BCUT2D eigenvalue weighted by Gasteiger charge is -2.11. The smallest absolute Gasteiger partial charge is 0.253 e. The van der Waals surface area contributed by atoms with E-state index in [1.807, 2.05) is 31.2 Å². The molecule has 1 unspecified atom stereocenters. The number of hydrogen-bond acceptors (Lipinski definition) is 3. The monoisotopic (exact) mass is 258 g/mol. The van der Waals surface area contributed by atoms with Crippen LogP contribution in [0.1, 0.15) is 23.7 Å². The van der Waals surface area contributed by atoms with Gasteiger partial charge in [0.1, 0.15) is 0 Å². The number of amides is 1. The molecule has 0 saturated heterocycles. The van der Waals surface area contributed by atoms with E-state index >= 15 is 0 Å². The van der Waals surface area contributed by atoms with Gasteiger partial charge in [-0.15, -0.1) is 0 Å². The molecular weight excluding hydrogens is 240 g/mol. The quantitative estimate of drug-likeness (QED) is 0.733. The molecular formula is C15H18N2O2. The molecule has 100 valence electrons. The number of rotatable bonds is 4.